The molecule has 3 aromatic carbocycles. The van der Waals surface area contributed by atoms with Crippen molar-refractivity contribution in [3.05, 3.63) is 111 Å². The molecule has 0 radical (unpaired) electrons. The highest BCUT2D eigenvalue weighted by molar-refractivity contribution is 5.84. The predicted octanol–water partition coefficient (Wildman–Crippen LogP) is 7.00. The van der Waals surface area contributed by atoms with Crippen LogP contribution < -0.4 is 10.4 Å². The number of fused-ring (bicyclic) bond motifs is 1. The van der Waals surface area contributed by atoms with E-state index in [9.17, 15) is 31.1 Å². The van der Waals surface area contributed by atoms with Gasteiger partial charge in [0.05, 0.1) is 22.1 Å². The summed E-state index contributed by atoms with van der Waals surface area (Å²) in [6.45, 7) is -0.299. The summed E-state index contributed by atoms with van der Waals surface area (Å²) in [7, 11) is 0. The van der Waals surface area contributed by atoms with Gasteiger partial charge in [-0.3, -0.25) is 0 Å². The van der Waals surface area contributed by atoms with E-state index < -0.39 is 29.1 Å². The van der Waals surface area contributed by atoms with Crippen LogP contribution in [0.15, 0.2) is 82.0 Å². The van der Waals surface area contributed by atoms with Crippen LogP contribution in [0, 0.1) is 0 Å². The van der Waals surface area contributed by atoms with E-state index in [1.165, 1.54) is 30.3 Å². The fourth-order valence-electron chi connectivity index (χ4n) is 3.53. The molecular weight excluding hydrogens is 462 g/mol. The van der Waals surface area contributed by atoms with Gasteiger partial charge in [-0.05, 0) is 41.5 Å². The predicted molar refractivity (Wildman–Crippen MR) is 113 cm³/mol. The van der Waals surface area contributed by atoms with E-state index in [-0.39, 0.29) is 41.1 Å². The van der Waals surface area contributed by atoms with Crippen LogP contribution in [-0.2, 0) is 25.4 Å². The molecule has 1 heterocycles. The van der Waals surface area contributed by atoms with Gasteiger partial charge < -0.3 is 9.15 Å². The highest BCUT2D eigenvalue weighted by Gasteiger charge is 2.31. The Hall–Kier alpha value is -3.75. The van der Waals surface area contributed by atoms with Gasteiger partial charge >= 0.3 is 18.0 Å². The summed E-state index contributed by atoms with van der Waals surface area (Å²) in [5, 5.41) is 0.371. The molecule has 0 bridgehead atoms. The largest absolute Gasteiger partial charge is 0.488 e. The van der Waals surface area contributed by atoms with Crippen LogP contribution in [0.3, 0.4) is 0 Å². The van der Waals surface area contributed by atoms with E-state index >= 15 is 0 Å². The van der Waals surface area contributed by atoms with E-state index in [1.54, 1.807) is 18.2 Å². The molecule has 0 fully saturated rings. The molecule has 0 spiro atoms. The molecule has 0 saturated heterocycles. The minimum atomic E-state index is -4.56. The second-order valence-corrected chi connectivity index (χ2v) is 7.56. The Kier molecular flexibility index (Phi) is 6.12. The SMILES string of the molecule is O=c1oc2ccccc2c(OCc2cccc(C(F)(F)F)c2)c1Cc1cccc(C(F)(F)F)c1. The lowest BCUT2D eigenvalue weighted by Crippen LogP contribution is -2.13. The summed E-state index contributed by atoms with van der Waals surface area (Å²) in [5.74, 6) is 0.0432. The molecule has 0 aliphatic heterocycles. The maximum atomic E-state index is 13.1. The topological polar surface area (TPSA) is 39.4 Å². The Morgan fingerprint density at radius 1 is 0.735 bits per heavy atom. The molecular formula is C25H16F6O3. The lowest BCUT2D eigenvalue weighted by Gasteiger charge is -2.15. The Balaban J connectivity index is 1.74. The quantitative estimate of drug-likeness (QED) is 0.229. The maximum Gasteiger partial charge on any atom is 0.416 e. The molecule has 0 aliphatic rings. The molecule has 0 aliphatic carbocycles. The van der Waals surface area contributed by atoms with Gasteiger partial charge in [0.25, 0.3) is 0 Å². The van der Waals surface area contributed by atoms with Crippen LogP contribution in [0.25, 0.3) is 11.0 Å². The molecule has 0 saturated carbocycles. The van der Waals surface area contributed by atoms with E-state index in [1.807, 2.05) is 0 Å². The van der Waals surface area contributed by atoms with E-state index in [0.29, 0.717) is 5.39 Å². The normalized spacial score (nSPS) is 12.2. The first-order valence-electron chi connectivity index (χ1n) is 10.0. The van der Waals surface area contributed by atoms with Crippen LogP contribution in [0.1, 0.15) is 27.8 Å². The fourth-order valence-corrected chi connectivity index (χ4v) is 3.53. The van der Waals surface area contributed by atoms with Crippen molar-refractivity contribution in [2.75, 3.05) is 0 Å². The number of hydrogen-bond acceptors (Lipinski definition) is 3. The molecule has 176 valence electrons. The van der Waals surface area contributed by atoms with Gasteiger partial charge in [0.1, 0.15) is 17.9 Å². The number of benzene rings is 3. The van der Waals surface area contributed by atoms with Gasteiger partial charge in [0.2, 0.25) is 0 Å². The molecule has 3 nitrogen and oxygen atoms in total. The van der Waals surface area contributed by atoms with Crippen LogP contribution in [-0.4, -0.2) is 0 Å². The Morgan fingerprint density at radius 2 is 1.32 bits per heavy atom. The summed E-state index contributed by atoms with van der Waals surface area (Å²) in [6.07, 6.45) is -9.33. The molecule has 1 aromatic heterocycles. The number of rotatable bonds is 5. The average Bonchev–Trinajstić information content (AvgIpc) is 2.78. The number of hydrogen-bond donors (Lipinski definition) is 0. The number of para-hydroxylation sites is 1. The van der Waals surface area contributed by atoms with Crippen LogP contribution in [0.4, 0.5) is 26.3 Å². The number of halogens is 6. The van der Waals surface area contributed by atoms with Crippen molar-refractivity contribution in [2.24, 2.45) is 0 Å². The van der Waals surface area contributed by atoms with Crippen molar-refractivity contribution in [3.63, 3.8) is 0 Å². The van der Waals surface area contributed by atoms with Crippen LogP contribution in [0.5, 0.6) is 5.75 Å². The van der Waals surface area contributed by atoms with Gasteiger partial charge in [-0.2, -0.15) is 26.3 Å². The summed E-state index contributed by atoms with van der Waals surface area (Å²) < 4.78 is 89.6. The smallest absolute Gasteiger partial charge is 0.416 e. The fraction of sp³-hybridized carbons (Fsp3) is 0.160. The zero-order valence-corrected chi connectivity index (χ0v) is 17.3. The monoisotopic (exact) mass is 478 g/mol. The molecule has 0 N–H and O–H groups in total. The molecule has 0 amide bonds. The summed E-state index contributed by atoms with van der Waals surface area (Å²) in [4.78, 5) is 12.7. The second-order valence-electron chi connectivity index (χ2n) is 7.56. The Labute approximate surface area is 189 Å². The summed E-state index contributed by atoms with van der Waals surface area (Å²) in [5.41, 5.74) is -1.99. The molecule has 0 unspecified atom stereocenters. The molecule has 4 rings (SSSR count). The Bertz CT molecular complexity index is 1390. The number of alkyl halides is 6. The van der Waals surface area contributed by atoms with Gasteiger partial charge in [0, 0.05) is 6.42 Å². The molecule has 34 heavy (non-hydrogen) atoms. The molecule has 4 aromatic rings. The minimum absolute atomic E-state index is 0.0370. The first-order valence-corrected chi connectivity index (χ1v) is 10.0. The average molecular weight is 478 g/mol. The third-order valence-corrected chi connectivity index (χ3v) is 5.13. The highest BCUT2D eigenvalue weighted by Crippen LogP contribution is 2.33. The molecule has 9 heteroatoms. The molecule has 0 atom stereocenters. The van der Waals surface area contributed by atoms with Crippen molar-refractivity contribution in [1.82, 2.24) is 0 Å². The second kappa shape index (κ2) is 8.89. The first-order chi connectivity index (χ1) is 16.0. The third-order valence-electron chi connectivity index (χ3n) is 5.13. The van der Waals surface area contributed by atoms with Gasteiger partial charge in [-0.25, -0.2) is 4.79 Å². The van der Waals surface area contributed by atoms with Crippen molar-refractivity contribution >= 4 is 11.0 Å². The van der Waals surface area contributed by atoms with Gasteiger partial charge in [0.15, 0.2) is 0 Å². The number of ether oxygens (including phenoxy) is 1. The first kappa shape index (κ1) is 23.4. The Morgan fingerprint density at radius 3 is 1.97 bits per heavy atom. The van der Waals surface area contributed by atoms with E-state index in [0.717, 1.165) is 24.3 Å². The summed E-state index contributed by atoms with van der Waals surface area (Å²) >= 11 is 0. The van der Waals surface area contributed by atoms with Gasteiger partial charge in [-0.1, -0.05) is 42.5 Å². The zero-order valence-electron chi connectivity index (χ0n) is 17.3. The standard InChI is InChI=1S/C25H16F6O3/c26-24(27,28)17-7-3-5-15(11-17)13-20-22(19-9-1-2-10-21(19)34-23(20)32)33-14-16-6-4-8-18(12-16)25(29,30)31/h1-12H,13-14H2. The third kappa shape index (κ3) is 5.08. The lowest BCUT2D eigenvalue weighted by atomic mass is 10.0. The van der Waals surface area contributed by atoms with Crippen LogP contribution in [0.2, 0.25) is 0 Å². The van der Waals surface area contributed by atoms with Crippen molar-refractivity contribution < 1.29 is 35.5 Å². The van der Waals surface area contributed by atoms with E-state index in [4.69, 9.17) is 9.15 Å². The van der Waals surface area contributed by atoms with Crippen molar-refractivity contribution in [1.29, 1.82) is 0 Å². The zero-order chi connectivity index (χ0) is 24.5. The van der Waals surface area contributed by atoms with Crippen LogP contribution >= 0.6 is 0 Å². The minimum Gasteiger partial charge on any atom is -0.488 e. The highest BCUT2D eigenvalue weighted by atomic mass is 19.4. The van der Waals surface area contributed by atoms with Crippen molar-refractivity contribution in [2.45, 2.75) is 25.4 Å². The lowest BCUT2D eigenvalue weighted by molar-refractivity contribution is -0.138. The van der Waals surface area contributed by atoms with Gasteiger partial charge in [-0.15, -0.1) is 0 Å². The summed E-state index contributed by atoms with van der Waals surface area (Å²) in [6, 6.07) is 15.4. The van der Waals surface area contributed by atoms with E-state index in [2.05, 4.69) is 0 Å². The van der Waals surface area contributed by atoms with Crippen molar-refractivity contribution in [3.8, 4) is 5.75 Å². The maximum absolute atomic E-state index is 13.1.